The fourth-order valence-electron chi connectivity index (χ4n) is 2.24. The highest BCUT2D eigenvalue weighted by Crippen LogP contribution is 2.20. The highest BCUT2D eigenvalue weighted by atomic mass is 16.6. The molecule has 2 N–H and O–H groups in total. The van der Waals surface area contributed by atoms with Crippen molar-refractivity contribution in [3.05, 3.63) is 0 Å². The maximum Gasteiger partial charge on any atom is 0.410 e. The molecule has 1 saturated heterocycles. The monoisotopic (exact) mass is 286 g/mol. The van der Waals surface area contributed by atoms with Gasteiger partial charge in [0.15, 0.2) is 0 Å². The zero-order chi connectivity index (χ0) is 15.4. The van der Waals surface area contributed by atoms with Crippen LogP contribution in [0.3, 0.4) is 0 Å². The number of carbonyl (C=O) groups excluding carboxylic acids is 1. The Labute approximate surface area is 122 Å². The SMILES string of the molecule is CC(C)(CO)CNCC1CCCN1C(=O)OC(C)(C)C. The van der Waals surface area contributed by atoms with Crippen LogP contribution in [0.5, 0.6) is 0 Å². The number of hydrogen-bond donors (Lipinski definition) is 2. The van der Waals surface area contributed by atoms with Gasteiger partial charge in [0.25, 0.3) is 0 Å². The van der Waals surface area contributed by atoms with Crippen LogP contribution in [0.4, 0.5) is 4.79 Å². The second-order valence-corrected chi connectivity index (χ2v) is 7.42. The molecule has 1 aliphatic heterocycles. The molecule has 0 spiro atoms. The smallest absolute Gasteiger partial charge is 0.410 e. The van der Waals surface area contributed by atoms with Crippen LogP contribution in [-0.2, 0) is 4.74 Å². The van der Waals surface area contributed by atoms with Gasteiger partial charge in [-0.05, 0) is 33.6 Å². The van der Waals surface area contributed by atoms with Gasteiger partial charge in [-0.15, -0.1) is 0 Å². The topological polar surface area (TPSA) is 61.8 Å². The van der Waals surface area contributed by atoms with Crippen molar-refractivity contribution in [2.75, 3.05) is 26.2 Å². The van der Waals surface area contributed by atoms with Crippen molar-refractivity contribution in [3.63, 3.8) is 0 Å². The van der Waals surface area contributed by atoms with E-state index in [-0.39, 0.29) is 24.2 Å². The van der Waals surface area contributed by atoms with Gasteiger partial charge in [-0.25, -0.2) is 4.79 Å². The van der Waals surface area contributed by atoms with Gasteiger partial charge in [-0.2, -0.15) is 0 Å². The van der Waals surface area contributed by atoms with Gasteiger partial charge in [0.1, 0.15) is 5.60 Å². The first-order chi connectivity index (χ1) is 9.14. The summed E-state index contributed by atoms with van der Waals surface area (Å²) in [5.74, 6) is 0. The molecule has 5 nitrogen and oxygen atoms in total. The molecule has 1 atom stereocenters. The summed E-state index contributed by atoms with van der Waals surface area (Å²) < 4.78 is 5.44. The molecule has 0 aromatic rings. The number of amides is 1. The third-order valence-electron chi connectivity index (χ3n) is 3.42. The van der Waals surface area contributed by atoms with E-state index in [1.807, 2.05) is 39.5 Å². The second-order valence-electron chi connectivity index (χ2n) is 7.42. The number of ether oxygens (including phenoxy) is 1. The Kier molecular flexibility index (Phi) is 5.83. The Morgan fingerprint density at radius 2 is 2.00 bits per heavy atom. The first kappa shape index (κ1) is 17.2. The fourth-order valence-corrected chi connectivity index (χ4v) is 2.24. The standard InChI is InChI=1S/C15H30N2O3/c1-14(2,3)20-13(19)17-8-6-7-12(17)9-16-10-15(4,5)11-18/h12,16,18H,6-11H2,1-5H3. The van der Waals surface area contributed by atoms with Crippen LogP contribution in [0, 0.1) is 5.41 Å². The molecule has 118 valence electrons. The Bertz CT molecular complexity index is 324. The number of hydrogen-bond acceptors (Lipinski definition) is 4. The lowest BCUT2D eigenvalue weighted by molar-refractivity contribution is 0.0224. The van der Waals surface area contributed by atoms with Gasteiger partial charge < -0.3 is 20.1 Å². The molecule has 0 radical (unpaired) electrons. The molecule has 0 aliphatic carbocycles. The van der Waals surface area contributed by atoms with Gasteiger partial charge in [0, 0.05) is 37.7 Å². The van der Waals surface area contributed by atoms with Crippen molar-refractivity contribution >= 4 is 6.09 Å². The Morgan fingerprint density at radius 3 is 2.55 bits per heavy atom. The van der Waals surface area contributed by atoms with Crippen LogP contribution < -0.4 is 5.32 Å². The Morgan fingerprint density at radius 1 is 1.35 bits per heavy atom. The summed E-state index contributed by atoms with van der Waals surface area (Å²) in [5.41, 5.74) is -0.577. The van der Waals surface area contributed by atoms with Crippen LogP contribution in [0.25, 0.3) is 0 Å². The Hall–Kier alpha value is -0.810. The van der Waals surface area contributed by atoms with Crippen LogP contribution in [0.15, 0.2) is 0 Å². The third kappa shape index (κ3) is 5.67. The molecule has 1 heterocycles. The number of rotatable bonds is 5. The van der Waals surface area contributed by atoms with Gasteiger partial charge in [-0.3, -0.25) is 0 Å². The van der Waals surface area contributed by atoms with Crippen molar-refractivity contribution in [1.29, 1.82) is 0 Å². The largest absolute Gasteiger partial charge is 0.444 e. The van der Waals surface area contributed by atoms with Gasteiger partial charge in [-0.1, -0.05) is 13.8 Å². The minimum atomic E-state index is -0.448. The van der Waals surface area contributed by atoms with Crippen molar-refractivity contribution in [1.82, 2.24) is 10.2 Å². The van der Waals surface area contributed by atoms with Gasteiger partial charge in [0.05, 0.1) is 0 Å². The number of carbonyl (C=O) groups is 1. The molecule has 1 amide bonds. The summed E-state index contributed by atoms with van der Waals surface area (Å²) in [4.78, 5) is 13.9. The number of aliphatic hydroxyl groups excluding tert-OH is 1. The van der Waals surface area contributed by atoms with E-state index in [9.17, 15) is 9.90 Å². The summed E-state index contributed by atoms with van der Waals surface area (Å²) in [6.07, 6.45) is 1.81. The molecular formula is C15H30N2O3. The van der Waals surface area contributed by atoms with Crippen LogP contribution in [0.2, 0.25) is 0 Å². The fraction of sp³-hybridized carbons (Fsp3) is 0.933. The predicted molar refractivity (Wildman–Crippen MR) is 79.7 cm³/mol. The molecule has 0 bridgehead atoms. The molecule has 1 fully saturated rings. The van der Waals surface area contributed by atoms with E-state index < -0.39 is 5.60 Å². The number of likely N-dealkylation sites (tertiary alicyclic amines) is 1. The van der Waals surface area contributed by atoms with E-state index in [0.717, 1.165) is 32.5 Å². The average molecular weight is 286 g/mol. The van der Waals surface area contributed by atoms with E-state index in [2.05, 4.69) is 5.32 Å². The van der Waals surface area contributed by atoms with Gasteiger partial charge >= 0.3 is 6.09 Å². The molecule has 20 heavy (non-hydrogen) atoms. The summed E-state index contributed by atoms with van der Waals surface area (Å²) in [6.45, 7) is 12.1. The first-order valence-corrected chi connectivity index (χ1v) is 7.46. The lowest BCUT2D eigenvalue weighted by atomic mass is 9.95. The van der Waals surface area contributed by atoms with Crippen LogP contribution >= 0.6 is 0 Å². The number of nitrogens with one attached hydrogen (secondary N) is 1. The van der Waals surface area contributed by atoms with E-state index in [1.165, 1.54) is 0 Å². The molecule has 0 aromatic heterocycles. The average Bonchev–Trinajstić information content (AvgIpc) is 2.75. The third-order valence-corrected chi connectivity index (χ3v) is 3.42. The highest BCUT2D eigenvalue weighted by molar-refractivity contribution is 5.69. The Balaban J connectivity index is 2.43. The lowest BCUT2D eigenvalue weighted by Gasteiger charge is -2.30. The number of nitrogens with zero attached hydrogens (tertiary/aromatic N) is 1. The minimum absolute atomic E-state index is 0.130. The zero-order valence-corrected chi connectivity index (χ0v) is 13.5. The molecule has 0 saturated carbocycles. The molecule has 1 rings (SSSR count). The first-order valence-electron chi connectivity index (χ1n) is 7.46. The molecule has 1 unspecified atom stereocenters. The van der Waals surface area contributed by atoms with E-state index >= 15 is 0 Å². The summed E-state index contributed by atoms with van der Waals surface area (Å²) in [7, 11) is 0. The number of aliphatic hydroxyl groups is 1. The van der Waals surface area contributed by atoms with Crippen molar-refractivity contribution in [2.45, 2.75) is 59.1 Å². The quantitative estimate of drug-likeness (QED) is 0.811. The van der Waals surface area contributed by atoms with Crippen molar-refractivity contribution in [2.24, 2.45) is 5.41 Å². The zero-order valence-electron chi connectivity index (χ0n) is 13.5. The molecule has 0 aromatic carbocycles. The van der Waals surface area contributed by atoms with Crippen molar-refractivity contribution in [3.8, 4) is 0 Å². The van der Waals surface area contributed by atoms with E-state index in [4.69, 9.17) is 4.74 Å². The summed E-state index contributed by atoms with van der Waals surface area (Å²) in [5, 5.41) is 12.6. The summed E-state index contributed by atoms with van der Waals surface area (Å²) >= 11 is 0. The normalized spacial score (nSPS) is 20.3. The van der Waals surface area contributed by atoms with Crippen LogP contribution in [0.1, 0.15) is 47.5 Å². The van der Waals surface area contributed by atoms with Crippen molar-refractivity contribution < 1.29 is 14.6 Å². The predicted octanol–water partition coefficient (Wildman–Crippen LogP) is 1.99. The highest BCUT2D eigenvalue weighted by Gasteiger charge is 2.32. The van der Waals surface area contributed by atoms with Crippen LogP contribution in [-0.4, -0.2) is 54.0 Å². The lowest BCUT2D eigenvalue weighted by Crippen LogP contribution is -2.45. The molecule has 5 heteroatoms. The maximum absolute atomic E-state index is 12.1. The maximum atomic E-state index is 12.1. The molecule has 1 aliphatic rings. The van der Waals surface area contributed by atoms with Gasteiger partial charge in [0.2, 0.25) is 0 Å². The summed E-state index contributed by atoms with van der Waals surface area (Å²) in [6, 6.07) is 0.194. The van der Waals surface area contributed by atoms with E-state index in [0.29, 0.717) is 0 Å². The molecular weight excluding hydrogens is 256 g/mol. The minimum Gasteiger partial charge on any atom is -0.444 e. The second kappa shape index (κ2) is 6.76. The van der Waals surface area contributed by atoms with E-state index in [1.54, 1.807) is 0 Å².